The Morgan fingerprint density at radius 3 is 2.59 bits per heavy atom. The second-order valence-corrected chi connectivity index (χ2v) is 5.23. The number of benzene rings is 1. The first-order valence-electron chi connectivity index (χ1n) is 5.36. The number of nitrogens with one attached hydrogen (secondary N) is 1. The van der Waals surface area contributed by atoms with Gasteiger partial charge in [0.1, 0.15) is 0 Å². The van der Waals surface area contributed by atoms with Crippen molar-refractivity contribution in [2.45, 2.75) is 31.9 Å². The van der Waals surface area contributed by atoms with Crippen molar-refractivity contribution in [1.29, 1.82) is 0 Å². The van der Waals surface area contributed by atoms with Crippen molar-refractivity contribution in [3.8, 4) is 0 Å². The molecule has 0 amide bonds. The van der Waals surface area contributed by atoms with Crippen LogP contribution in [0.4, 0.5) is 0 Å². The molecular weight excluding hydrogens is 259 g/mol. The van der Waals surface area contributed by atoms with Gasteiger partial charge in [0.2, 0.25) is 0 Å². The number of halogens is 2. The van der Waals surface area contributed by atoms with E-state index in [1.807, 2.05) is 26.0 Å². The lowest BCUT2D eigenvalue weighted by atomic mass is 9.92. The summed E-state index contributed by atoms with van der Waals surface area (Å²) >= 11 is 12.1. The minimum atomic E-state index is -0.388. The number of hydrogen-bond acceptors (Lipinski definition) is 3. The average molecular weight is 277 g/mol. The van der Waals surface area contributed by atoms with Crippen molar-refractivity contribution in [2.24, 2.45) is 5.84 Å². The van der Waals surface area contributed by atoms with Gasteiger partial charge < -0.3 is 4.74 Å². The Balaban J connectivity index is 2.92. The fraction of sp³-hybridized carbons (Fsp3) is 0.500. The first-order chi connectivity index (χ1) is 7.92. The lowest BCUT2D eigenvalue weighted by molar-refractivity contribution is -0.0101. The molecule has 1 aromatic carbocycles. The van der Waals surface area contributed by atoms with E-state index in [1.165, 1.54) is 0 Å². The van der Waals surface area contributed by atoms with Gasteiger partial charge in [0.05, 0.1) is 21.7 Å². The summed E-state index contributed by atoms with van der Waals surface area (Å²) in [6.45, 7) is 3.94. The number of rotatable bonds is 5. The van der Waals surface area contributed by atoms with Crippen LogP contribution in [0.15, 0.2) is 18.2 Å². The molecule has 3 nitrogen and oxygen atoms in total. The van der Waals surface area contributed by atoms with Crippen LogP contribution < -0.4 is 11.3 Å². The summed E-state index contributed by atoms with van der Waals surface area (Å²) < 4.78 is 5.41. The molecule has 0 aliphatic carbocycles. The molecule has 0 saturated heterocycles. The Morgan fingerprint density at radius 1 is 1.41 bits per heavy atom. The Kier molecular flexibility index (Phi) is 5.22. The van der Waals surface area contributed by atoms with Gasteiger partial charge in [0.25, 0.3) is 0 Å². The smallest absolute Gasteiger partial charge is 0.0791 e. The molecule has 0 fully saturated rings. The fourth-order valence-electron chi connectivity index (χ4n) is 1.57. The van der Waals surface area contributed by atoms with Crippen LogP contribution in [0.1, 0.15) is 19.4 Å². The van der Waals surface area contributed by atoms with Crippen LogP contribution in [0.25, 0.3) is 0 Å². The van der Waals surface area contributed by atoms with Crippen LogP contribution in [0.5, 0.6) is 0 Å². The molecule has 0 bridgehead atoms. The van der Waals surface area contributed by atoms with Crippen LogP contribution in [-0.2, 0) is 11.2 Å². The predicted octanol–water partition coefficient (Wildman–Crippen LogP) is 2.79. The van der Waals surface area contributed by atoms with Crippen LogP contribution in [0.3, 0.4) is 0 Å². The topological polar surface area (TPSA) is 47.3 Å². The molecule has 1 aromatic rings. The van der Waals surface area contributed by atoms with E-state index in [0.717, 1.165) is 5.56 Å². The van der Waals surface area contributed by atoms with Gasteiger partial charge in [-0.1, -0.05) is 35.3 Å². The van der Waals surface area contributed by atoms with Crippen molar-refractivity contribution >= 4 is 23.2 Å². The van der Waals surface area contributed by atoms with Gasteiger partial charge in [-0.3, -0.25) is 11.3 Å². The lowest BCUT2D eigenvalue weighted by Gasteiger charge is -2.32. The van der Waals surface area contributed by atoms with Crippen LogP contribution in [0.2, 0.25) is 10.0 Å². The zero-order valence-electron chi connectivity index (χ0n) is 10.3. The largest absolute Gasteiger partial charge is 0.377 e. The van der Waals surface area contributed by atoms with Gasteiger partial charge >= 0.3 is 0 Å². The summed E-state index contributed by atoms with van der Waals surface area (Å²) in [4.78, 5) is 0. The molecule has 17 heavy (non-hydrogen) atoms. The molecule has 3 N–H and O–H groups in total. The maximum atomic E-state index is 6.15. The molecule has 0 aromatic heterocycles. The number of hydrogen-bond donors (Lipinski definition) is 2. The number of nitrogens with two attached hydrogens (primary N) is 1. The zero-order valence-corrected chi connectivity index (χ0v) is 11.8. The van der Waals surface area contributed by atoms with Crippen molar-refractivity contribution in [3.63, 3.8) is 0 Å². The third-order valence-electron chi connectivity index (χ3n) is 3.02. The summed E-state index contributed by atoms with van der Waals surface area (Å²) in [5.74, 6) is 5.56. The molecule has 0 heterocycles. The molecule has 1 rings (SSSR count). The van der Waals surface area contributed by atoms with Crippen molar-refractivity contribution in [2.75, 3.05) is 7.11 Å². The molecule has 0 radical (unpaired) electrons. The first-order valence-corrected chi connectivity index (χ1v) is 6.12. The third kappa shape index (κ3) is 3.57. The highest BCUT2D eigenvalue weighted by Gasteiger charge is 2.29. The lowest BCUT2D eigenvalue weighted by Crippen LogP contribution is -2.52. The summed E-state index contributed by atoms with van der Waals surface area (Å²) in [6.07, 6.45) is 0.650. The van der Waals surface area contributed by atoms with E-state index in [4.69, 9.17) is 33.8 Å². The molecule has 5 heteroatoms. The average Bonchev–Trinajstić information content (AvgIpc) is 2.30. The van der Waals surface area contributed by atoms with E-state index in [1.54, 1.807) is 13.2 Å². The molecule has 0 spiro atoms. The normalized spacial score (nSPS) is 13.8. The van der Waals surface area contributed by atoms with E-state index in [0.29, 0.717) is 16.5 Å². The Bertz CT molecular complexity index is 383. The molecule has 0 aliphatic rings. The standard InChI is InChI=1S/C12H18Cl2N2O/c1-12(2,17-3)10(16-15)7-8-5-4-6-9(13)11(8)14/h4-6,10,16H,7,15H2,1-3H3. The van der Waals surface area contributed by atoms with Crippen LogP contribution in [-0.4, -0.2) is 18.8 Å². The van der Waals surface area contributed by atoms with E-state index in [2.05, 4.69) is 5.43 Å². The third-order valence-corrected chi connectivity index (χ3v) is 3.88. The van der Waals surface area contributed by atoms with Crippen molar-refractivity contribution in [1.82, 2.24) is 5.43 Å². The van der Waals surface area contributed by atoms with Gasteiger partial charge in [0.15, 0.2) is 0 Å². The van der Waals surface area contributed by atoms with Gasteiger partial charge in [-0.25, -0.2) is 0 Å². The Hall–Kier alpha value is -0.320. The van der Waals surface area contributed by atoms with E-state index in [9.17, 15) is 0 Å². The molecule has 0 saturated carbocycles. The number of hydrazine groups is 1. The highest BCUT2D eigenvalue weighted by Crippen LogP contribution is 2.28. The minimum Gasteiger partial charge on any atom is -0.377 e. The SMILES string of the molecule is COC(C)(C)C(Cc1cccc(Cl)c1Cl)NN. The van der Waals surface area contributed by atoms with Crippen LogP contribution >= 0.6 is 23.2 Å². The Labute approximate surface area is 112 Å². The van der Waals surface area contributed by atoms with E-state index >= 15 is 0 Å². The highest BCUT2D eigenvalue weighted by atomic mass is 35.5. The quantitative estimate of drug-likeness (QED) is 0.642. The maximum Gasteiger partial charge on any atom is 0.0791 e. The maximum absolute atomic E-state index is 6.15. The Morgan fingerprint density at radius 2 is 2.06 bits per heavy atom. The fourth-order valence-corrected chi connectivity index (χ4v) is 1.97. The van der Waals surface area contributed by atoms with Gasteiger partial charge in [0, 0.05) is 7.11 Å². The van der Waals surface area contributed by atoms with Crippen LogP contribution in [0, 0.1) is 0 Å². The highest BCUT2D eigenvalue weighted by molar-refractivity contribution is 6.42. The minimum absolute atomic E-state index is 0.0523. The van der Waals surface area contributed by atoms with E-state index < -0.39 is 0 Å². The summed E-state index contributed by atoms with van der Waals surface area (Å²) in [5.41, 5.74) is 3.32. The van der Waals surface area contributed by atoms with Gasteiger partial charge in [-0.2, -0.15) is 0 Å². The monoisotopic (exact) mass is 276 g/mol. The number of methoxy groups -OCH3 is 1. The van der Waals surface area contributed by atoms with Gasteiger partial charge in [-0.05, 0) is 31.9 Å². The zero-order chi connectivity index (χ0) is 13.1. The predicted molar refractivity (Wildman–Crippen MR) is 72.4 cm³/mol. The molecular formula is C12H18Cl2N2O. The summed E-state index contributed by atoms with van der Waals surface area (Å²) in [6, 6.07) is 5.52. The van der Waals surface area contributed by atoms with E-state index in [-0.39, 0.29) is 11.6 Å². The summed E-state index contributed by atoms with van der Waals surface area (Å²) in [7, 11) is 1.66. The summed E-state index contributed by atoms with van der Waals surface area (Å²) in [5, 5.41) is 1.12. The second-order valence-electron chi connectivity index (χ2n) is 4.44. The molecule has 1 atom stereocenters. The molecule has 0 aliphatic heterocycles. The number of ether oxygens (including phenoxy) is 1. The van der Waals surface area contributed by atoms with Gasteiger partial charge in [-0.15, -0.1) is 0 Å². The molecule has 96 valence electrons. The first kappa shape index (κ1) is 14.7. The molecule has 1 unspecified atom stereocenters. The van der Waals surface area contributed by atoms with Crippen molar-refractivity contribution < 1.29 is 4.74 Å². The second kappa shape index (κ2) is 6.03. The van der Waals surface area contributed by atoms with Crippen molar-refractivity contribution in [3.05, 3.63) is 33.8 Å².